The first-order valence-electron chi connectivity index (χ1n) is 8.28. The van der Waals surface area contributed by atoms with E-state index in [1.807, 2.05) is 6.07 Å². The van der Waals surface area contributed by atoms with Gasteiger partial charge in [0.2, 0.25) is 0 Å². The van der Waals surface area contributed by atoms with Gasteiger partial charge < -0.3 is 10.2 Å². The minimum atomic E-state index is -0.387. The Bertz CT molecular complexity index is 807. The number of non-ortho nitro benzene ring substituents is 1. The van der Waals surface area contributed by atoms with Gasteiger partial charge in [-0.1, -0.05) is 29.8 Å². The highest BCUT2D eigenvalue weighted by Gasteiger charge is 2.21. The molecule has 26 heavy (non-hydrogen) atoms. The Balaban J connectivity index is 1.51. The number of nitrogens with one attached hydrogen (secondary N) is 1. The van der Waals surface area contributed by atoms with Crippen LogP contribution in [0.2, 0.25) is 5.02 Å². The average molecular weight is 375 g/mol. The van der Waals surface area contributed by atoms with Crippen LogP contribution < -0.4 is 5.32 Å². The van der Waals surface area contributed by atoms with Gasteiger partial charge in [0.05, 0.1) is 4.92 Å². The van der Waals surface area contributed by atoms with Gasteiger partial charge in [0.25, 0.3) is 5.69 Å². The van der Waals surface area contributed by atoms with Crippen LogP contribution in [-0.2, 0) is 6.54 Å². The van der Waals surface area contributed by atoms with Gasteiger partial charge in [0.15, 0.2) is 0 Å². The zero-order chi connectivity index (χ0) is 18.5. The Morgan fingerprint density at radius 1 is 1.12 bits per heavy atom. The number of hydrogen-bond donors (Lipinski definition) is 1. The lowest BCUT2D eigenvalue weighted by Crippen LogP contribution is -2.49. The number of nitrogens with zero attached hydrogens (tertiary/aromatic N) is 3. The first-order valence-corrected chi connectivity index (χ1v) is 8.66. The molecular formula is C18H19ClN4O3. The van der Waals surface area contributed by atoms with Crippen LogP contribution in [0, 0.1) is 10.1 Å². The van der Waals surface area contributed by atoms with Crippen LogP contribution in [-0.4, -0.2) is 46.9 Å². The van der Waals surface area contributed by atoms with Crippen LogP contribution in [0.5, 0.6) is 0 Å². The second-order valence-corrected chi connectivity index (χ2v) is 6.57. The number of halogens is 1. The van der Waals surface area contributed by atoms with E-state index >= 15 is 0 Å². The summed E-state index contributed by atoms with van der Waals surface area (Å²) in [6.07, 6.45) is 0. The molecule has 0 radical (unpaired) electrons. The molecule has 0 spiro atoms. The molecule has 2 aromatic rings. The third kappa shape index (κ3) is 4.71. The van der Waals surface area contributed by atoms with Crippen molar-refractivity contribution in [1.29, 1.82) is 0 Å². The fourth-order valence-electron chi connectivity index (χ4n) is 2.90. The van der Waals surface area contributed by atoms with Crippen LogP contribution in [0.3, 0.4) is 0 Å². The van der Waals surface area contributed by atoms with Gasteiger partial charge in [-0.05, 0) is 23.8 Å². The number of anilines is 1. The molecule has 0 saturated carbocycles. The first kappa shape index (κ1) is 18.2. The SMILES string of the molecule is O=C(Nc1cccc(Cl)c1)N1CCN(Cc2cccc([N+](=O)[O-])c2)CC1. The molecular weight excluding hydrogens is 356 g/mol. The fraction of sp³-hybridized carbons (Fsp3) is 0.278. The van der Waals surface area contributed by atoms with Crippen molar-refractivity contribution in [1.82, 2.24) is 9.80 Å². The number of nitro benzene ring substituents is 1. The van der Waals surface area contributed by atoms with E-state index in [9.17, 15) is 14.9 Å². The van der Waals surface area contributed by atoms with Crippen LogP contribution in [0.4, 0.5) is 16.2 Å². The van der Waals surface area contributed by atoms with Crippen molar-refractivity contribution in [2.24, 2.45) is 0 Å². The molecule has 0 aliphatic carbocycles. The molecule has 1 N–H and O–H groups in total. The molecule has 1 aliphatic heterocycles. The number of carbonyl (C=O) groups excluding carboxylic acids is 1. The lowest BCUT2D eigenvalue weighted by atomic mass is 10.2. The summed E-state index contributed by atoms with van der Waals surface area (Å²) < 4.78 is 0. The van der Waals surface area contributed by atoms with E-state index in [-0.39, 0.29) is 16.6 Å². The largest absolute Gasteiger partial charge is 0.322 e. The molecule has 1 saturated heterocycles. The number of carbonyl (C=O) groups is 1. The van der Waals surface area contributed by atoms with Crippen molar-refractivity contribution in [3.63, 3.8) is 0 Å². The van der Waals surface area contributed by atoms with E-state index < -0.39 is 0 Å². The maximum absolute atomic E-state index is 12.3. The highest BCUT2D eigenvalue weighted by atomic mass is 35.5. The standard InChI is InChI=1S/C18H19ClN4O3/c19-15-4-2-5-16(12-15)20-18(24)22-9-7-21(8-10-22)13-14-3-1-6-17(11-14)23(25)26/h1-6,11-12H,7-10,13H2,(H,20,24). The quantitative estimate of drug-likeness (QED) is 0.655. The maximum Gasteiger partial charge on any atom is 0.321 e. The third-order valence-electron chi connectivity index (χ3n) is 4.26. The Kier molecular flexibility index (Phi) is 5.70. The van der Waals surface area contributed by atoms with Crippen LogP contribution >= 0.6 is 11.6 Å². The summed E-state index contributed by atoms with van der Waals surface area (Å²) in [5, 5.41) is 14.3. The minimum absolute atomic E-state index is 0.0991. The Morgan fingerprint density at radius 3 is 2.54 bits per heavy atom. The lowest BCUT2D eigenvalue weighted by Gasteiger charge is -2.34. The monoisotopic (exact) mass is 374 g/mol. The normalized spacial score (nSPS) is 14.9. The molecule has 3 rings (SSSR count). The van der Waals surface area contributed by atoms with Crippen molar-refractivity contribution in [3.05, 3.63) is 69.2 Å². The van der Waals surface area contributed by atoms with Crippen molar-refractivity contribution < 1.29 is 9.72 Å². The number of benzene rings is 2. The van der Waals surface area contributed by atoms with Crippen molar-refractivity contribution in [2.75, 3.05) is 31.5 Å². The molecule has 1 aliphatic rings. The summed E-state index contributed by atoms with van der Waals surface area (Å²) in [7, 11) is 0. The summed E-state index contributed by atoms with van der Waals surface area (Å²) in [6, 6.07) is 13.6. The lowest BCUT2D eigenvalue weighted by molar-refractivity contribution is -0.384. The number of nitro groups is 1. The summed E-state index contributed by atoms with van der Waals surface area (Å²) >= 11 is 5.93. The molecule has 1 fully saturated rings. The summed E-state index contributed by atoms with van der Waals surface area (Å²) in [4.78, 5) is 26.8. The van der Waals surface area contributed by atoms with Gasteiger partial charge in [-0.25, -0.2) is 4.79 Å². The van der Waals surface area contributed by atoms with Gasteiger partial charge in [-0.3, -0.25) is 15.0 Å². The van der Waals surface area contributed by atoms with E-state index in [0.717, 1.165) is 5.56 Å². The zero-order valence-corrected chi connectivity index (χ0v) is 14.9. The van der Waals surface area contributed by atoms with E-state index in [1.54, 1.807) is 41.3 Å². The van der Waals surface area contributed by atoms with Crippen molar-refractivity contribution >= 4 is 29.0 Å². The molecule has 0 aromatic heterocycles. The van der Waals surface area contributed by atoms with Crippen molar-refractivity contribution in [3.8, 4) is 0 Å². The number of hydrogen-bond acceptors (Lipinski definition) is 4. The second-order valence-electron chi connectivity index (χ2n) is 6.13. The van der Waals surface area contributed by atoms with Gasteiger partial charge in [-0.2, -0.15) is 0 Å². The van der Waals surface area contributed by atoms with Gasteiger partial charge in [-0.15, -0.1) is 0 Å². The topological polar surface area (TPSA) is 78.7 Å². The molecule has 0 unspecified atom stereocenters. The molecule has 1 heterocycles. The highest BCUT2D eigenvalue weighted by molar-refractivity contribution is 6.30. The molecule has 2 amide bonds. The van der Waals surface area contributed by atoms with Crippen LogP contribution in [0.25, 0.3) is 0 Å². The van der Waals surface area contributed by atoms with E-state index in [4.69, 9.17) is 11.6 Å². The number of piperazine rings is 1. The number of urea groups is 1. The molecule has 8 heteroatoms. The zero-order valence-electron chi connectivity index (χ0n) is 14.1. The first-order chi connectivity index (χ1) is 12.5. The predicted octanol–water partition coefficient (Wildman–Crippen LogP) is 3.60. The summed E-state index contributed by atoms with van der Waals surface area (Å²) in [5.74, 6) is 0. The minimum Gasteiger partial charge on any atom is -0.322 e. The van der Waals surface area contributed by atoms with Crippen molar-refractivity contribution in [2.45, 2.75) is 6.54 Å². The molecule has 136 valence electrons. The summed E-state index contributed by atoms with van der Waals surface area (Å²) in [6.45, 7) is 3.26. The Morgan fingerprint density at radius 2 is 1.85 bits per heavy atom. The molecule has 7 nitrogen and oxygen atoms in total. The smallest absolute Gasteiger partial charge is 0.321 e. The third-order valence-corrected chi connectivity index (χ3v) is 4.50. The second kappa shape index (κ2) is 8.16. The number of amides is 2. The van der Waals surface area contributed by atoms with E-state index in [0.29, 0.717) is 43.4 Å². The molecule has 0 atom stereocenters. The van der Waals surface area contributed by atoms with Crippen LogP contribution in [0.1, 0.15) is 5.56 Å². The van der Waals surface area contributed by atoms with E-state index in [2.05, 4.69) is 10.2 Å². The predicted molar refractivity (Wildman–Crippen MR) is 100 cm³/mol. The number of rotatable bonds is 4. The highest BCUT2D eigenvalue weighted by Crippen LogP contribution is 2.17. The van der Waals surface area contributed by atoms with E-state index in [1.165, 1.54) is 6.07 Å². The van der Waals surface area contributed by atoms with Crippen LogP contribution in [0.15, 0.2) is 48.5 Å². The fourth-order valence-corrected chi connectivity index (χ4v) is 3.09. The van der Waals surface area contributed by atoms with Gasteiger partial charge >= 0.3 is 6.03 Å². The average Bonchev–Trinajstić information content (AvgIpc) is 2.62. The maximum atomic E-state index is 12.3. The molecule has 2 aromatic carbocycles. The summed E-state index contributed by atoms with van der Waals surface area (Å²) in [5.41, 5.74) is 1.67. The molecule has 0 bridgehead atoms. The Labute approximate surface area is 156 Å². The van der Waals surface area contributed by atoms with Gasteiger partial charge in [0.1, 0.15) is 0 Å². The Hall–Kier alpha value is -2.64. The van der Waals surface area contributed by atoms with Gasteiger partial charge in [0, 0.05) is 55.6 Å².